The maximum atomic E-state index is 13.9. The van der Waals surface area contributed by atoms with Crippen LogP contribution in [0.25, 0.3) is 11.1 Å². The van der Waals surface area contributed by atoms with Gasteiger partial charge in [-0.05, 0) is 35.9 Å². The molecule has 2 aromatic carbocycles. The van der Waals surface area contributed by atoms with Gasteiger partial charge in [0.1, 0.15) is 11.5 Å². The highest BCUT2D eigenvalue weighted by atomic mass is 19.1. The number of H-pyrrole nitrogens is 1. The van der Waals surface area contributed by atoms with Gasteiger partial charge in [0.25, 0.3) is 11.8 Å². The Balaban J connectivity index is 1.40. The van der Waals surface area contributed by atoms with Crippen LogP contribution in [0, 0.1) is 5.82 Å². The molecule has 3 aromatic rings. The van der Waals surface area contributed by atoms with Crippen molar-refractivity contribution in [2.24, 2.45) is 0 Å². The Morgan fingerprint density at radius 3 is 2.04 bits per heavy atom. The zero-order valence-corrected chi connectivity index (χ0v) is 15.3. The zero-order valence-electron chi connectivity index (χ0n) is 15.3. The van der Waals surface area contributed by atoms with Gasteiger partial charge in [0.2, 0.25) is 0 Å². The van der Waals surface area contributed by atoms with Crippen molar-refractivity contribution in [1.82, 2.24) is 14.8 Å². The number of nitrogens with zero attached hydrogens (tertiary/aromatic N) is 2. The fraction of sp³-hybridized carbons (Fsp3) is 0.182. The molecule has 1 aliphatic heterocycles. The number of piperazine rings is 1. The smallest absolute Gasteiger partial charge is 0.270 e. The predicted octanol–water partition coefficient (Wildman–Crippen LogP) is 3.42. The van der Waals surface area contributed by atoms with Crippen LogP contribution in [-0.4, -0.2) is 52.8 Å². The Morgan fingerprint density at radius 1 is 0.786 bits per heavy atom. The lowest BCUT2D eigenvalue weighted by atomic mass is 10.0. The Labute approximate surface area is 162 Å². The summed E-state index contributed by atoms with van der Waals surface area (Å²) in [5, 5.41) is 0. The topological polar surface area (TPSA) is 56.4 Å². The molecule has 5 nitrogen and oxygen atoms in total. The third-order valence-electron chi connectivity index (χ3n) is 5.00. The van der Waals surface area contributed by atoms with Crippen molar-refractivity contribution >= 4 is 11.8 Å². The Morgan fingerprint density at radius 2 is 1.43 bits per heavy atom. The van der Waals surface area contributed by atoms with E-state index in [1.165, 1.54) is 6.07 Å². The molecule has 1 saturated heterocycles. The number of rotatable bonds is 3. The molecule has 1 aliphatic rings. The summed E-state index contributed by atoms with van der Waals surface area (Å²) in [6, 6.07) is 17.1. The number of benzene rings is 2. The van der Waals surface area contributed by atoms with E-state index in [4.69, 9.17) is 0 Å². The number of amides is 2. The number of nitrogens with one attached hydrogen (secondary N) is 1. The van der Waals surface area contributed by atoms with Crippen molar-refractivity contribution in [3.8, 4) is 11.1 Å². The molecule has 0 bridgehead atoms. The second-order valence-electron chi connectivity index (χ2n) is 6.73. The van der Waals surface area contributed by atoms with Crippen LogP contribution in [0.2, 0.25) is 0 Å². The number of halogens is 1. The summed E-state index contributed by atoms with van der Waals surface area (Å²) in [7, 11) is 0. The van der Waals surface area contributed by atoms with E-state index in [0.717, 1.165) is 5.56 Å². The number of hydrogen-bond donors (Lipinski definition) is 1. The summed E-state index contributed by atoms with van der Waals surface area (Å²) in [5.74, 6) is -0.414. The first kappa shape index (κ1) is 18.0. The van der Waals surface area contributed by atoms with Gasteiger partial charge < -0.3 is 14.8 Å². The molecule has 0 unspecified atom stereocenters. The van der Waals surface area contributed by atoms with Gasteiger partial charge in [-0.1, -0.05) is 30.3 Å². The lowest BCUT2D eigenvalue weighted by Gasteiger charge is -2.34. The first-order valence-electron chi connectivity index (χ1n) is 9.20. The lowest BCUT2D eigenvalue weighted by molar-refractivity contribution is 0.0532. The third-order valence-corrected chi connectivity index (χ3v) is 5.00. The van der Waals surface area contributed by atoms with Gasteiger partial charge in [-0.3, -0.25) is 9.59 Å². The molecule has 0 aliphatic carbocycles. The fourth-order valence-corrected chi connectivity index (χ4v) is 3.42. The van der Waals surface area contributed by atoms with E-state index in [-0.39, 0.29) is 17.6 Å². The van der Waals surface area contributed by atoms with Crippen molar-refractivity contribution in [2.75, 3.05) is 26.2 Å². The Hall–Kier alpha value is -3.41. The molecule has 1 N–H and O–H groups in total. The van der Waals surface area contributed by atoms with E-state index in [2.05, 4.69) is 4.98 Å². The van der Waals surface area contributed by atoms with Crippen LogP contribution in [0.3, 0.4) is 0 Å². The van der Waals surface area contributed by atoms with Crippen LogP contribution >= 0.6 is 0 Å². The molecule has 1 aromatic heterocycles. The van der Waals surface area contributed by atoms with Gasteiger partial charge in [0.05, 0.1) is 0 Å². The summed E-state index contributed by atoms with van der Waals surface area (Å²) >= 11 is 0. The standard InChI is InChI=1S/C22H20FN3O2/c23-19-5-2-1-4-18(19)16-7-9-17(10-8-16)21(27)25-12-14-26(15-13-25)22(28)20-6-3-11-24-20/h1-11,24H,12-15H2. The van der Waals surface area contributed by atoms with Crippen molar-refractivity contribution in [2.45, 2.75) is 0 Å². The van der Waals surface area contributed by atoms with E-state index in [1.54, 1.807) is 70.6 Å². The van der Waals surface area contributed by atoms with Gasteiger partial charge in [-0.2, -0.15) is 0 Å². The number of aromatic nitrogens is 1. The van der Waals surface area contributed by atoms with Crippen molar-refractivity contribution in [1.29, 1.82) is 0 Å². The molecule has 0 spiro atoms. The first-order valence-corrected chi connectivity index (χ1v) is 9.20. The average molecular weight is 377 g/mol. The molecule has 4 rings (SSSR count). The van der Waals surface area contributed by atoms with Gasteiger partial charge in [-0.25, -0.2) is 4.39 Å². The fourth-order valence-electron chi connectivity index (χ4n) is 3.42. The Kier molecular flexibility index (Phi) is 4.93. The second kappa shape index (κ2) is 7.68. The monoisotopic (exact) mass is 377 g/mol. The van der Waals surface area contributed by atoms with Crippen LogP contribution in [0.5, 0.6) is 0 Å². The molecule has 142 valence electrons. The first-order chi connectivity index (χ1) is 13.6. The predicted molar refractivity (Wildman–Crippen MR) is 104 cm³/mol. The lowest BCUT2D eigenvalue weighted by Crippen LogP contribution is -2.50. The summed E-state index contributed by atoms with van der Waals surface area (Å²) in [6.45, 7) is 1.97. The summed E-state index contributed by atoms with van der Waals surface area (Å²) in [5.41, 5.74) is 2.36. The quantitative estimate of drug-likeness (QED) is 0.760. The minimum atomic E-state index is -0.288. The van der Waals surface area contributed by atoms with Crippen LogP contribution in [-0.2, 0) is 0 Å². The van der Waals surface area contributed by atoms with Crippen LogP contribution in [0.15, 0.2) is 66.9 Å². The third kappa shape index (κ3) is 3.53. The van der Waals surface area contributed by atoms with Gasteiger partial charge in [0.15, 0.2) is 0 Å². The highest BCUT2D eigenvalue weighted by molar-refractivity contribution is 5.95. The van der Waals surface area contributed by atoms with E-state index in [9.17, 15) is 14.0 Å². The minimum Gasteiger partial charge on any atom is -0.357 e. The molecule has 0 saturated carbocycles. The second-order valence-corrected chi connectivity index (χ2v) is 6.73. The van der Waals surface area contributed by atoms with Gasteiger partial charge in [-0.15, -0.1) is 0 Å². The van der Waals surface area contributed by atoms with E-state index in [1.807, 2.05) is 0 Å². The number of carbonyl (C=O) groups excluding carboxylic acids is 2. The molecule has 6 heteroatoms. The van der Waals surface area contributed by atoms with Crippen molar-refractivity contribution in [3.63, 3.8) is 0 Å². The molecule has 1 fully saturated rings. The summed E-state index contributed by atoms with van der Waals surface area (Å²) < 4.78 is 13.9. The molecule has 28 heavy (non-hydrogen) atoms. The van der Waals surface area contributed by atoms with Gasteiger partial charge >= 0.3 is 0 Å². The molecular weight excluding hydrogens is 357 g/mol. The number of aromatic amines is 1. The molecule has 2 amide bonds. The summed E-state index contributed by atoms with van der Waals surface area (Å²) in [6.07, 6.45) is 1.72. The molecule has 0 atom stereocenters. The van der Waals surface area contributed by atoms with Crippen LogP contribution in [0.1, 0.15) is 20.8 Å². The molecular formula is C22H20FN3O2. The molecule has 2 heterocycles. The normalized spacial score (nSPS) is 14.2. The highest BCUT2D eigenvalue weighted by Crippen LogP contribution is 2.23. The van der Waals surface area contributed by atoms with Crippen molar-refractivity contribution < 1.29 is 14.0 Å². The van der Waals surface area contributed by atoms with E-state index < -0.39 is 0 Å². The van der Waals surface area contributed by atoms with E-state index in [0.29, 0.717) is 43.0 Å². The average Bonchev–Trinajstić information content (AvgIpc) is 3.28. The number of hydrogen-bond acceptors (Lipinski definition) is 2. The highest BCUT2D eigenvalue weighted by Gasteiger charge is 2.25. The SMILES string of the molecule is O=C(c1ccc(-c2ccccc2F)cc1)N1CCN(C(=O)c2ccc[nH]2)CC1. The number of carbonyl (C=O) groups is 2. The Bertz CT molecular complexity index is 975. The molecule has 0 radical (unpaired) electrons. The largest absolute Gasteiger partial charge is 0.357 e. The maximum absolute atomic E-state index is 13.9. The minimum absolute atomic E-state index is 0.0497. The zero-order chi connectivity index (χ0) is 19.5. The van der Waals surface area contributed by atoms with Crippen molar-refractivity contribution in [3.05, 3.63) is 83.9 Å². The van der Waals surface area contributed by atoms with Gasteiger partial charge in [0, 0.05) is 43.5 Å². The van der Waals surface area contributed by atoms with E-state index >= 15 is 0 Å². The van der Waals surface area contributed by atoms with Crippen LogP contribution < -0.4 is 0 Å². The maximum Gasteiger partial charge on any atom is 0.270 e. The summed E-state index contributed by atoms with van der Waals surface area (Å²) in [4.78, 5) is 31.5. The van der Waals surface area contributed by atoms with Crippen LogP contribution in [0.4, 0.5) is 4.39 Å².